The molecule has 1 aromatic rings. The van der Waals surface area contributed by atoms with Crippen LogP contribution >= 0.6 is 11.3 Å². The number of thiazole rings is 1. The molecule has 5 nitrogen and oxygen atoms in total. The van der Waals surface area contributed by atoms with E-state index < -0.39 is 0 Å². The Hall–Kier alpha value is -1.14. The van der Waals surface area contributed by atoms with E-state index in [0.717, 1.165) is 18.2 Å². The van der Waals surface area contributed by atoms with Gasteiger partial charge in [0.15, 0.2) is 5.13 Å². The maximum absolute atomic E-state index is 11.4. The van der Waals surface area contributed by atoms with E-state index in [4.69, 9.17) is 4.74 Å². The minimum atomic E-state index is -0.328. The van der Waals surface area contributed by atoms with Crippen molar-refractivity contribution in [3.05, 3.63) is 10.6 Å². The number of nitrogens with zero attached hydrogens (tertiary/aromatic N) is 1. The summed E-state index contributed by atoms with van der Waals surface area (Å²) >= 11 is 1.33. The summed E-state index contributed by atoms with van der Waals surface area (Å²) in [7, 11) is 1.37. The number of aryl methyl sites for hydroxylation is 1. The molecule has 0 spiro atoms. The van der Waals surface area contributed by atoms with E-state index in [0.29, 0.717) is 23.2 Å². The fraction of sp³-hybridized carbons (Fsp3) is 0.600. The van der Waals surface area contributed by atoms with E-state index in [1.165, 1.54) is 18.4 Å². The average molecular weight is 242 g/mol. The zero-order valence-corrected chi connectivity index (χ0v) is 10.1. The Bertz CT molecular complexity index is 385. The first kappa shape index (κ1) is 11.3. The van der Waals surface area contributed by atoms with Crippen LogP contribution in [0.5, 0.6) is 0 Å². The number of aromatic nitrogens is 1. The number of rotatable bonds is 3. The van der Waals surface area contributed by atoms with E-state index in [-0.39, 0.29) is 5.97 Å². The lowest BCUT2D eigenvalue weighted by Crippen LogP contribution is -2.18. The summed E-state index contributed by atoms with van der Waals surface area (Å²) in [6.07, 6.45) is 0.978. The summed E-state index contributed by atoms with van der Waals surface area (Å²) in [5.74, 6) is -0.328. The first-order chi connectivity index (χ1) is 7.70. The third-order valence-electron chi connectivity index (χ3n) is 2.42. The van der Waals surface area contributed by atoms with Gasteiger partial charge in [-0.3, -0.25) is 0 Å². The van der Waals surface area contributed by atoms with Crippen molar-refractivity contribution in [2.45, 2.75) is 19.4 Å². The van der Waals surface area contributed by atoms with Gasteiger partial charge in [0.25, 0.3) is 0 Å². The molecule has 2 rings (SSSR count). The summed E-state index contributed by atoms with van der Waals surface area (Å²) in [5.41, 5.74) is 0.707. The normalized spacial score (nSPS) is 19.8. The molecular weight excluding hydrogens is 228 g/mol. The molecule has 1 fully saturated rings. The summed E-state index contributed by atoms with van der Waals surface area (Å²) in [4.78, 5) is 16.2. The molecule has 16 heavy (non-hydrogen) atoms. The minimum Gasteiger partial charge on any atom is -0.465 e. The van der Waals surface area contributed by atoms with Crippen LogP contribution in [0.15, 0.2) is 0 Å². The van der Waals surface area contributed by atoms with Crippen molar-refractivity contribution in [1.29, 1.82) is 0 Å². The Morgan fingerprint density at radius 2 is 2.50 bits per heavy atom. The molecule has 0 saturated carbocycles. The predicted octanol–water partition coefficient (Wildman–Crippen LogP) is 1.44. The van der Waals surface area contributed by atoms with Crippen LogP contribution in [0.1, 0.15) is 21.8 Å². The molecule has 2 heterocycles. The first-order valence-corrected chi connectivity index (χ1v) is 5.92. The van der Waals surface area contributed by atoms with E-state index in [1.807, 2.05) is 0 Å². The van der Waals surface area contributed by atoms with Gasteiger partial charge in [0.1, 0.15) is 4.88 Å². The number of carbonyl (C=O) groups excluding carboxylic acids is 1. The van der Waals surface area contributed by atoms with Gasteiger partial charge in [0.2, 0.25) is 0 Å². The Balaban J connectivity index is 2.07. The van der Waals surface area contributed by atoms with Crippen molar-refractivity contribution in [1.82, 2.24) is 4.98 Å². The molecule has 0 bridgehead atoms. The first-order valence-electron chi connectivity index (χ1n) is 5.10. The molecule has 0 aromatic carbocycles. The van der Waals surface area contributed by atoms with Crippen LogP contribution in [-0.2, 0) is 9.47 Å². The number of methoxy groups -OCH3 is 1. The van der Waals surface area contributed by atoms with Crippen LogP contribution in [0.4, 0.5) is 5.13 Å². The fourth-order valence-electron chi connectivity index (χ4n) is 1.56. The third-order valence-corrected chi connectivity index (χ3v) is 3.49. The van der Waals surface area contributed by atoms with Crippen molar-refractivity contribution >= 4 is 22.4 Å². The molecule has 0 aliphatic carbocycles. The number of ether oxygens (including phenoxy) is 2. The number of anilines is 1. The molecule has 0 amide bonds. The lowest BCUT2D eigenvalue weighted by Gasteiger charge is -2.07. The van der Waals surface area contributed by atoms with E-state index in [9.17, 15) is 4.79 Å². The van der Waals surface area contributed by atoms with E-state index >= 15 is 0 Å². The molecule has 1 unspecified atom stereocenters. The van der Waals surface area contributed by atoms with Crippen LogP contribution in [0.3, 0.4) is 0 Å². The number of nitrogens with one attached hydrogen (secondary N) is 1. The van der Waals surface area contributed by atoms with Crippen LogP contribution in [0.2, 0.25) is 0 Å². The number of carbonyl (C=O) groups is 1. The molecule has 1 atom stereocenters. The number of hydrogen-bond donors (Lipinski definition) is 1. The largest absolute Gasteiger partial charge is 0.465 e. The highest BCUT2D eigenvalue weighted by molar-refractivity contribution is 7.17. The average Bonchev–Trinajstić information content (AvgIpc) is 2.88. The number of hydrogen-bond acceptors (Lipinski definition) is 6. The molecule has 6 heteroatoms. The van der Waals surface area contributed by atoms with Gasteiger partial charge in [-0.1, -0.05) is 11.3 Å². The van der Waals surface area contributed by atoms with Crippen LogP contribution in [-0.4, -0.2) is 37.3 Å². The molecule has 0 radical (unpaired) electrons. The smallest absolute Gasteiger partial charge is 0.350 e. The van der Waals surface area contributed by atoms with Gasteiger partial charge in [-0.2, -0.15) is 0 Å². The predicted molar refractivity (Wildman–Crippen MR) is 61.0 cm³/mol. The topological polar surface area (TPSA) is 60.5 Å². The number of esters is 1. The van der Waals surface area contributed by atoms with Crippen molar-refractivity contribution in [3.8, 4) is 0 Å². The Kier molecular flexibility index (Phi) is 3.40. The molecule has 1 N–H and O–H groups in total. The van der Waals surface area contributed by atoms with Crippen LogP contribution in [0, 0.1) is 6.92 Å². The third kappa shape index (κ3) is 2.33. The minimum absolute atomic E-state index is 0.302. The zero-order valence-electron chi connectivity index (χ0n) is 9.28. The zero-order chi connectivity index (χ0) is 11.5. The Morgan fingerprint density at radius 3 is 3.12 bits per heavy atom. The standard InChI is InChI=1S/C10H14N2O3S/c1-6-8(9(13)14-2)16-10(11-6)12-7-3-4-15-5-7/h7H,3-5H2,1-2H3,(H,11,12). The SMILES string of the molecule is COC(=O)c1sc(NC2CCOC2)nc1C. The molecule has 1 aliphatic rings. The molecule has 1 saturated heterocycles. The van der Waals surface area contributed by atoms with Gasteiger partial charge in [0.05, 0.1) is 25.5 Å². The van der Waals surface area contributed by atoms with Crippen molar-refractivity contribution < 1.29 is 14.3 Å². The second kappa shape index (κ2) is 4.80. The van der Waals surface area contributed by atoms with Gasteiger partial charge in [0, 0.05) is 6.61 Å². The van der Waals surface area contributed by atoms with Gasteiger partial charge in [-0.25, -0.2) is 9.78 Å². The summed E-state index contributed by atoms with van der Waals surface area (Å²) in [6.45, 7) is 3.29. The fourth-order valence-corrected chi connectivity index (χ4v) is 2.52. The maximum atomic E-state index is 11.4. The van der Waals surface area contributed by atoms with E-state index in [1.54, 1.807) is 6.92 Å². The molecule has 1 aromatic heterocycles. The molecular formula is C10H14N2O3S. The maximum Gasteiger partial charge on any atom is 0.350 e. The highest BCUT2D eigenvalue weighted by Crippen LogP contribution is 2.24. The quantitative estimate of drug-likeness (QED) is 0.813. The summed E-state index contributed by atoms with van der Waals surface area (Å²) in [6, 6.07) is 0.302. The summed E-state index contributed by atoms with van der Waals surface area (Å²) in [5, 5.41) is 4.01. The monoisotopic (exact) mass is 242 g/mol. The lowest BCUT2D eigenvalue weighted by molar-refractivity contribution is 0.0605. The molecule has 1 aliphatic heterocycles. The van der Waals surface area contributed by atoms with Crippen LogP contribution < -0.4 is 5.32 Å². The Labute approximate surface area is 97.8 Å². The second-order valence-corrected chi connectivity index (χ2v) is 4.63. The Morgan fingerprint density at radius 1 is 1.69 bits per heavy atom. The second-order valence-electron chi connectivity index (χ2n) is 3.63. The van der Waals surface area contributed by atoms with Gasteiger partial charge < -0.3 is 14.8 Å². The van der Waals surface area contributed by atoms with E-state index in [2.05, 4.69) is 15.0 Å². The van der Waals surface area contributed by atoms with Gasteiger partial charge >= 0.3 is 5.97 Å². The van der Waals surface area contributed by atoms with Crippen molar-refractivity contribution in [2.24, 2.45) is 0 Å². The van der Waals surface area contributed by atoms with Gasteiger partial charge in [-0.05, 0) is 13.3 Å². The highest BCUT2D eigenvalue weighted by Gasteiger charge is 2.20. The summed E-state index contributed by atoms with van der Waals surface area (Å²) < 4.78 is 9.94. The van der Waals surface area contributed by atoms with Crippen molar-refractivity contribution in [2.75, 3.05) is 25.6 Å². The lowest BCUT2D eigenvalue weighted by atomic mass is 10.3. The van der Waals surface area contributed by atoms with Gasteiger partial charge in [-0.15, -0.1) is 0 Å². The van der Waals surface area contributed by atoms with Crippen molar-refractivity contribution in [3.63, 3.8) is 0 Å². The highest BCUT2D eigenvalue weighted by atomic mass is 32.1. The van der Waals surface area contributed by atoms with Crippen LogP contribution in [0.25, 0.3) is 0 Å². The molecule has 88 valence electrons.